The molecule has 28 heavy (non-hydrogen) atoms. The summed E-state index contributed by atoms with van der Waals surface area (Å²) in [5.41, 5.74) is 2.48. The van der Waals surface area contributed by atoms with Gasteiger partial charge in [0.05, 0.1) is 0 Å². The average Bonchev–Trinajstić information content (AvgIpc) is 3.07. The van der Waals surface area contributed by atoms with Gasteiger partial charge in [0.15, 0.2) is 0 Å². The number of amides is 1. The number of carboxylic acids is 1. The molecule has 0 bridgehead atoms. The van der Waals surface area contributed by atoms with Gasteiger partial charge < -0.3 is 14.8 Å². The monoisotopic (exact) mass is 419 g/mol. The highest BCUT2D eigenvalue weighted by Gasteiger charge is 2.04. The molecule has 1 amide bonds. The fourth-order valence-electron chi connectivity index (χ4n) is 2.42. The van der Waals surface area contributed by atoms with E-state index in [9.17, 15) is 9.59 Å². The van der Waals surface area contributed by atoms with Crippen LogP contribution in [0, 0.1) is 6.92 Å². The Kier molecular flexibility index (Phi) is 8.11. The quantitative estimate of drug-likeness (QED) is 0.492. The summed E-state index contributed by atoms with van der Waals surface area (Å²) >= 11 is 11.8. The SMILES string of the molecule is Cc1ccc(-c2cc(Cl)cc(Cl)c2)o1.O=CNc1cccc(CCC(=O)O)c1. The van der Waals surface area contributed by atoms with Crippen LogP contribution < -0.4 is 5.32 Å². The largest absolute Gasteiger partial charge is 0.481 e. The number of anilines is 1. The highest BCUT2D eigenvalue weighted by atomic mass is 35.5. The van der Waals surface area contributed by atoms with Gasteiger partial charge in [-0.1, -0.05) is 35.3 Å². The molecule has 0 saturated heterocycles. The molecule has 0 aliphatic carbocycles. The molecule has 1 aromatic heterocycles. The van der Waals surface area contributed by atoms with Crippen LogP contribution >= 0.6 is 23.2 Å². The molecular formula is C21H19Cl2NO4. The van der Waals surface area contributed by atoms with Crippen molar-refractivity contribution in [1.29, 1.82) is 0 Å². The number of carboxylic acid groups (broad SMARTS) is 1. The second-order valence-corrected chi connectivity index (χ2v) is 6.80. The number of furan rings is 1. The van der Waals surface area contributed by atoms with Crippen LogP contribution in [-0.2, 0) is 16.0 Å². The van der Waals surface area contributed by atoms with Gasteiger partial charge in [0.25, 0.3) is 0 Å². The number of rotatable bonds is 6. The van der Waals surface area contributed by atoms with E-state index in [2.05, 4.69) is 5.32 Å². The zero-order valence-electron chi connectivity index (χ0n) is 15.1. The lowest BCUT2D eigenvalue weighted by atomic mass is 10.1. The fourth-order valence-corrected chi connectivity index (χ4v) is 2.95. The van der Waals surface area contributed by atoms with E-state index in [4.69, 9.17) is 32.7 Å². The summed E-state index contributed by atoms with van der Waals surface area (Å²) in [5, 5.41) is 12.2. The van der Waals surface area contributed by atoms with Crippen molar-refractivity contribution in [2.45, 2.75) is 19.8 Å². The highest BCUT2D eigenvalue weighted by molar-refractivity contribution is 6.35. The molecule has 3 aromatic rings. The second kappa shape index (κ2) is 10.5. The predicted molar refractivity (Wildman–Crippen MR) is 111 cm³/mol. The van der Waals surface area contributed by atoms with Crippen LogP contribution in [0.15, 0.2) is 59.0 Å². The zero-order chi connectivity index (χ0) is 20.5. The van der Waals surface area contributed by atoms with E-state index in [1.165, 1.54) is 0 Å². The summed E-state index contributed by atoms with van der Waals surface area (Å²) in [7, 11) is 0. The molecule has 0 aliphatic heterocycles. The van der Waals surface area contributed by atoms with Crippen molar-refractivity contribution in [2.24, 2.45) is 0 Å². The van der Waals surface area contributed by atoms with Crippen LogP contribution in [0.3, 0.4) is 0 Å². The van der Waals surface area contributed by atoms with Crippen molar-refractivity contribution >= 4 is 41.3 Å². The number of benzene rings is 2. The van der Waals surface area contributed by atoms with Gasteiger partial charge in [0, 0.05) is 27.7 Å². The Balaban J connectivity index is 0.000000200. The van der Waals surface area contributed by atoms with E-state index in [0.29, 0.717) is 28.6 Å². The summed E-state index contributed by atoms with van der Waals surface area (Å²) < 4.78 is 5.46. The van der Waals surface area contributed by atoms with Crippen LogP contribution in [0.2, 0.25) is 10.0 Å². The topological polar surface area (TPSA) is 79.5 Å². The van der Waals surface area contributed by atoms with Gasteiger partial charge in [0.1, 0.15) is 11.5 Å². The Morgan fingerprint density at radius 3 is 2.39 bits per heavy atom. The van der Waals surface area contributed by atoms with E-state index in [-0.39, 0.29) is 6.42 Å². The third kappa shape index (κ3) is 7.10. The summed E-state index contributed by atoms with van der Waals surface area (Å²) in [6, 6.07) is 16.3. The number of carbonyl (C=O) groups excluding carboxylic acids is 1. The Morgan fingerprint density at radius 1 is 1.11 bits per heavy atom. The summed E-state index contributed by atoms with van der Waals surface area (Å²) in [4.78, 5) is 20.5. The Morgan fingerprint density at radius 2 is 1.82 bits per heavy atom. The van der Waals surface area contributed by atoms with E-state index in [0.717, 1.165) is 22.6 Å². The molecule has 7 heteroatoms. The molecule has 0 fully saturated rings. The molecular weight excluding hydrogens is 401 g/mol. The number of aliphatic carboxylic acids is 1. The number of hydrogen-bond donors (Lipinski definition) is 2. The van der Waals surface area contributed by atoms with E-state index in [1.54, 1.807) is 24.3 Å². The van der Waals surface area contributed by atoms with Gasteiger partial charge in [-0.15, -0.1) is 0 Å². The summed E-state index contributed by atoms with van der Waals surface area (Å²) in [5.74, 6) is 0.835. The first kappa shape index (κ1) is 21.5. The molecule has 0 unspecified atom stereocenters. The first-order chi connectivity index (χ1) is 13.4. The van der Waals surface area contributed by atoms with Gasteiger partial charge in [0.2, 0.25) is 6.41 Å². The van der Waals surface area contributed by atoms with Gasteiger partial charge in [-0.05, 0) is 61.4 Å². The molecule has 3 rings (SSSR count). The maximum Gasteiger partial charge on any atom is 0.303 e. The van der Waals surface area contributed by atoms with Crippen LogP contribution in [-0.4, -0.2) is 17.5 Å². The molecule has 0 atom stereocenters. The molecule has 0 saturated carbocycles. The molecule has 146 valence electrons. The number of hydrogen-bond acceptors (Lipinski definition) is 3. The van der Waals surface area contributed by atoms with E-state index < -0.39 is 5.97 Å². The maximum absolute atomic E-state index is 10.3. The van der Waals surface area contributed by atoms with Gasteiger partial charge in [-0.25, -0.2) is 0 Å². The molecule has 2 aromatic carbocycles. The standard InChI is InChI=1S/C11H8Cl2O.C10H11NO3/c1-7-2-3-11(14-7)8-4-9(12)6-10(13)5-8;12-7-11-9-3-1-2-8(6-9)4-5-10(13)14/h2-6H,1H3;1-3,6-7H,4-5H2,(H,11,12)(H,13,14). The Hall–Kier alpha value is -2.76. The summed E-state index contributed by atoms with van der Waals surface area (Å²) in [6.45, 7) is 1.90. The number of nitrogens with one attached hydrogen (secondary N) is 1. The third-order valence-corrected chi connectivity index (χ3v) is 4.10. The zero-order valence-corrected chi connectivity index (χ0v) is 16.6. The van der Waals surface area contributed by atoms with Crippen molar-refractivity contribution in [2.75, 3.05) is 5.32 Å². The van der Waals surface area contributed by atoms with Crippen LogP contribution in [0.5, 0.6) is 0 Å². The molecule has 0 radical (unpaired) electrons. The Labute approximate surface area is 172 Å². The minimum absolute atomic E-state index is 0.102. The lowest BCUT2D eigenvalue weighted by Gasteiger charge is -2.02. The second-order valence-electron chi connectivity index (χ2n) is 5.92. The first-order valence-corrected chi connectivity index (χ1v) is 9.17. The Bertz CT molecular complexity index is 933. The van der Waals surface area contributed by atoms with Crippen molar-refractivity contribution in [3.8, 4) is 11.3 Å². The molecule has 0 spiro atoms. The lowest BCUT2D eigenvalue weighted by Crippen LogP contribution is -1.99. The number of halogens is 2. The average molecular weight is 420 g/mol. The van der Waals surface area contributed by atoms with E-state index >= 15 is 0 Å². The van der Waals surface area contributed by atoms with Crippen molar-refractivity contribution in [1.82, 2.24) is 0 Å². The van der Waals surface area contributed by atoms with Crippen LogP contribution in [0.4, 0.5) is 5.69 Å². The van der Waals surface area contributed by atoms with Gasteiger partial charge >= 0.3 is 5.97 Å². The normalized spacial score (nSPS) is 9.96. The predicted octanol–water partition coefficient (Wildman–Crippen LogP) is 5.83. The van der Waals surface area contributed by atoms with E-state index in [1.807, 2.05) is 37.3 Å². The minimum Gasteiger partial charge on any atom is -0.481 e. The van der Waals surface area contributed by atoms with Crippen molar-refractivity contribution in [3.63, 3.8) is 0 Å². The number of aryl methyl sites for hydroxylation is 2. The highest BCUT2D eigenvalue weighted by Crippen LogP contribution is 2.28. The number of carbonyl (C=O) groups is 2. The molecule has 1 heterocycles. The summed E-state index contributed by atoms with van der Waals surface area (Å²) in [6.07, 6.45) is 1.17. The van der Waals surface area contributed by atoms with Crippen molar-refractivity contribution < 1.29 is 19.1 Å². The molecule has 2 N–H and O–H groups in total. The third-order valence-electron chi connectivity index (χ3n) is 3.67. The van der Waals surface area contributed by atoms with Crippen LogP contribution in [0.25, 0.3) is 11.3 Å². The lowest BCUT2D eigenvalue weighted by molar-refractivity contribution is -0.137. The maximum atomic E-state index is 10.3. The van der Waals surface area contributed by atoms with Gasteiger partial charge in [-0.2, -0.15) is 0 Å². The smallest absolute Gasteiger partial charge is 0.303 e. The molecule has 0 aliphatic rings. The minimum atomic E-state index is -0.821. The molecule has 5 nitrogen and oxygen atoms in total. The fraction of sp³-hybridized carbons (Fsp3) is 0.143. The van der Waals surface area contributed by atoms with Gasteiger partial charge in [-0.3, -0.25) is 9.59 Å². The van der Waals surface area contributed by atoms with Crippen molar-refractivity contribution in [3.05, 3.63) is 76.0 Å². The first-order valence-electron chi connectivity index (χ1n) is 8.41. The van der Waals surface area contributed by atoms with Crippen LogP contribution in [0.1, 0.15) is 17.7 Å².